The molecule has 0 saturated carbocycles. The van der Waals surface area contributed by atoms with Gasteiger partial charge in [0.15, 0.2) is 17.3 Å². The highest BCUT2D eigenvalue weighted by molar-refractivity contribution is 5.43. The molecule has 0 aliphatic heterocycles. The molecule has 0 aliphatic rings. The van der Waals surface area contributed by atoms with E-state index in [0.29, 0.717) is 36.2 Å². The zero-order chi connectivity index (χ0) is 14.5. The predicted octanol–water partition coefficient (Wildman–Crippen LogP) is 1.74. The highest BCUT2D eigenvalue weighted by atomic mass is 16.5. The summed E-state index contributed by atoms with van der Waals surface area (Å²) in [5.41, 5.74) is 6.60. The average Bonchev–Trinajstić information content (AvgIpc) is 2.94. The van der Waals surface area contributed by atoms with Gasteiger partial charge in [0.05, 0.1) is 20.6 Å². The van der Waals surface area contributed by atoms with Crippen LogP contribution in [0.1, 0.15) is 30.1 Å². The van der Waals surface area contributed by atoms with Gasteiger partial charge in [-0.05, 0) is 17.7 Å². The number of nitrogens with two attached hydrogens (primary N) is 1. The fourth-order valence-electron chi connectivity index (χ4n) is 1.81. The first-order chi connectivity index (χ1) is 9.67. The molecule has 0 bridgehead atoms. The Morgan fingerprint density at radius 3 is 2.65 bits per heavy atom. The first kappa shape index (κ1) is 14.3. The summed E-state index contributed by atoms with van der Waals surface area (Å²) in [5.74, 6) is 2.67. The zero-order valence-corrected chi connectivity index (χ0v) is 11.9. The van der Waals surface area contributed by atoms with Gasteiger partial charge in [0.2, 0.25) is 5.89 Å². The molecule has 1 heterocycles. The number of rotatable bonds is 6. The smallest absolute Gasteiger partial charge is 0.231 e. The summed E-state index contributed by atoms with van der Waals surface area (Å²) in [7, 11) is 3.21. The Hall–Kier alpha value is -2.08. The van der Waals surface area contributed by atoms with E-state index in [-0.39, 0.29) is 5.92 Å². The number of ether oxygens (including phenoxy) is 2. The van der Waals surface area contributed by atoms with Crippen molar-refractivity contribution in [1.29, 1.82) is 0 Å². The predicted molar refractivity (Wildman–Crippen MR) is 74.1 cm³/mol. The maximum atomic E-state index is 5.58. The molecular formula is C14H19N3O3. The highest BCUT2D eigenvalue weighted by Crippen LogP contribution is 2.28. The molecule has 2 N–H and O–H groups in total. The molecule has 0 spiro atoms. The van der Waals surface area contributed by atoms with E-state index in [4.69, 9.17) is 19.7 Å². The second-order valence-corrected chi connectivity index (χ2v) is 4.55. The molecule has 0 amide bonds. The normalized spacial score (nSPS) is 12.2. The summed E-state index contributed by atoms with van der Waals surface area (Å²) in [6.07, 6.45) is 0.546. The van der Waals surface area contributed by atoms with Crippen LogP contribution in [0, 0.1) is 0 Å². The first-order valence-corrected chi connectivity index (χ1v) is 6.41. The second kappa shape index (κ2) is 6.38. The zero-order valence-electron chi connectivity index (χ0n) is 11.9. The molecular weight excluding hydrogens is 258 g/mol. The molecule has 6 nitrogen and oxygen atoms in total. The Morgan fingerprint density at radius 2 is 2.00 bits per heavy atom. The topological polar surface area (TPSA) is 83.4 Å². The quantitative estimate of drug-likeness (QED) is 0.866. The fourth-order valence-corrected chi connectivity index (χ4v) is 1.81. The van der Waals surface area contributed by atoms with Crippen LogP contribution < -0.4 is 15.2 Å². The van der Waals surface area contributed by atoms with E-state index >= 15 is 0 Å². The number of aromatic nitrogens is 2. The maximum absolute atomic E-state index is 5.58. The van der Waals surface area contributed by atoms with Crippen molar-refractivity contribution < 1.29 is 14.0 Å². The fraction of sp³-hybridized carbons (Fsp3) is 0.429. The molecule has 2 aromatic rings. The van der Waals surface area contributed by atoms with Crippen molar-refractivity contribution in [1.82, 2.24) is 10.1 Å². The Kier molecular flexibility index (Phi) is 4.57. The Labute approximate surface area is 117 Å². The number of nitrogens with zero attached hydrogens (tertiary/aromatic N) is 2. The van der Waals surface area contributed by atoms with Gasteiger partial charge in [-0.2, -0.15) is 4.98 Å². The van der Waals surface area contributed by atoms with Crippen LogP contribution in [0.15, 0.2) is 22.7 Å². The van der Waals surface area contributed by atoms with E-state index in [1.54, 1.807) is 14.2 Å². The third-order valence-electron chi connectivity index (χ3n) is 3.08. The lowest BCUT2D eigenvalue weighted by Gasteiger charge is -2.08. The molecule has 1 unspecified atom stereocenters. The minimum atomic E-state index is 0.0953. The van der Waals surface area contributed by atoms with Crippen molar-refractivity contribution in [3.05, 3.63) is 35.5 Å². The van der Waals surface area contributed by atoms with E-state index in [1.807, 2.05) is 25.1 Å². The first-order valence-electron chi connectivity index (χ1n) is 6.41. The molecule has 1 aromatic carbocycles. The summed E-state index contributed by atoms with van der Waals surface area (Å²) in [4.78, 5) is 4.34. The summed E-state index contributed by atoms with van der Waals surface area (Å²) in [6.45, 7) is 2.46. The Balaban J connectivity index is 2.15. The highest BCUT2D eigenvalue weighted by Gasteiger charge is 2.13. The van der Waals surface area contributed by atoms with Gasteiger partial charge in [-0.25, -0.2) is 0 Å². The van der Waals surface area contributed by atoms with Crippen molar-refractivity contribution >= 4 is 0 Å². The Morgan fingerprint density at radius 1 is 1.25 bits per heavy atom. The van der Waals surface area contributed by atoms with Gasteiger partial charge in [0, 0.05) is 12.5 Å². The van der Waals surface area contributed by atoms with Crippen LogP contribution in [0.4, 0.5) is 0 Å². The maximum Gasteiger partial charge on any atom is 0.231 e. The van der Waals surface area contributed by atoms with Crippen molar-refractivity contribution in [3.8, 4) is 11.5 Å². The van der Waals surface area contributed by atoms with E-state index in [9.17, 15) is 0 Å². The molecule has 0 aliphatic carbocycles. The van der Waals surface area contributed by atoms with Crippen LogP contribution in [0.5, 0.6) is 11.5 Å². The van der Waals surface area contributed by atoms with Gasteiger partial charge >= 0.3 is 0 Å². The number of hydrogen-bond donors (Lipinski definition) is 1. The molecule has 20 heavy (non-hydrogen) atoms. The molecule has 6 heteroatoms. The van der Waals surface area contributed by atoms with Crippen LogP contribution in [0.25, 0.3) is 0 Å². The summed E-state index contributed by atoms with van der Waals surface area (Å²) in [6, 6.07) is 5.70. The Bertz CT molecular complexity index is 569. The van der Waals surface area contributed by atoms with Gasteiger partial charge in [0.1, 0.15) is 0 Å². The van der Waals surface area contributed by atoms with Gasteiger partial charge in [-0.1, -0.05) is 18.1 Å². The third kappa shape index (κ3) is 3.08. The molecule has 0 radical (unpaired) electrons. The summed E-state index contributed by atoms with van der Waals surface area (Å²) in [5, 5.41) is 3.94. The molecule has 0 saturated heterocycles. The van der Waals surface area contributed by atoms with Crippen LogP contribution in [-0.4, -0.2) is 30.9 Å². The lowest BCUT2D eigenvalue weighted by atomic mass is 10.1. The van der Waals surface area contributed by atoms with Crippen molar-refractivity contribution in [3.63, 3.8) is 0 Å². The monoisotopic (exact) mass is 277 g/mol. The van der Waals surface area contributed by atoms with E-state index < -0.39 is 0 Å². The molecule has 108 valence electrons. The molecule has 0 fully saturated rings. The lowest BCUT2D eigenvalue weighted by Crippen LogP contribution is -2.10. The minimum absolute atomic E-state index is 0.0953. The van der Waals surface area contributed by atoms with E-state index in [0.717, 1.165) is 5.56 Å². The average molecular weight is 277 g/mol. The molecule has 1 atom stereocenters. The number of benzene rings is 1. The van der Waals surface area contributed by atoms with Crippen LogP contribution in [0.3, 0.4) is 0 Å². The lowest BCUT2D eigenvalue weighted by molar-refractivity contribution is 0.354. The van der Waals surface area contributed by atoms with E-state index in [1.165, 1.54) is 0 Å². The van der Waals surface area contributed by atoms with Crippen molar-refractivity contribution in [2.45, 2.75) is 19.3 Å². The van der Waals surface area contributed by atoms with Gasteiger partial charge in [-0.15, -0.1) is 0 Å². The van der Waals surface area contributed by atoms with Gasteiger partial charge in [-0.3, -0.25) is 0 Å². The SMILES string of the molecule is COc1ccc(Cc2nc(C(C)CN)no2)cc1OC. The van der Waals surface area contributed by atoms with Gasteiger partial charge < -0.3 is 19.7 Å². The number of methoxy groups -OCH3 is 2. The standard InChI is InChI=1S/C14H19N3O3/c1-9(8-15)14-16-13(20-17-14)7-10-4-5-11(18-2)12(6-10)19-3/h4-6,9H,7-8,15H2,1-3H3. The van der Waals surface area contributed by atoms with E-state index in [2.05, 4.69) is 10.1 Å². The summed E-state index contributed by atoms with van der Waals surface area (Å²) < 4.78 is 15.7. The third-order valence-corrected chi connectivity index (χ3v) is 3.08. The number of hydrogen-bond acceptors (Lipinski definition) is 6. The molecule has 1 aromatic heterocycles. The van der Waals surface area contributed by atoms with Crippen LogP contribution in [-0.2, 0) is 6.42 Å². The van der Waals surface area contributed by atoms with Crippen LogP contribution in [0.2, 0.25) is 0 Å². The van der Waals surface area contributed by atoms with Crippen molar-refractivity contribution in [2.75, 3.05) is 20.8 Å². The largest absolute Gasteiger partial charge is 0.493 e. The minimum Gasteiger partial charge on any atom is -0.493 e. The van der Waals surface area contributed by atoms with Gasteiger partial charge in [0.25, 0.3) is 0 Å². The summed E-state index contributed by atoms with van der Waals surface area (Å²) >= 11 is 0. The van der Waals surface area contributed by atoms with Crippen LogP contribution >= 0.6 is 0 Å². The molecule has 2 rings (SSSR count). The second-order valence-electron chi connectivity index (χ2n) is 4.55. The van der Waals surface area contributed by atoms with Crippen molar-refractivity contribution in [2.24, 2.45) is 5.73 Å².